The van der Waals surface area contributed by atoms with Gasteiger partial charge in [0.1, 0.15) is 0 Å². The van der Waals surface area contributed by atoms with Crippen LogP contribution in [0.3, 0.4) is 0 Å². The van der Waals surface area contributed by atoms with Crippen molar-refractivity contribution in [1.29, 1.82) is 0 Å². The number of pyridine rings is 1. The van der Waals surface area contributed by atoms with E-state index in [1.807, 2.05) is 33.8 Å². The highest BCUT2D eigenvalue weighted by atomic mass is 16.1. The number of amides is 1. The number of nitrogens with zero attached hydrogens (tertiary/aromatic N) is 1. The second-order valence-electron chi connectivity index (χ2n) is 3.73. The first kappa shape index (κ1) is 10.7. The summed E-state index contributed by atoms with van der Waals surface area (Å²) in [5.41, 5.74) is 2.75. The van der Waals surface area contributed by atoms with E-state index in [1.165, 1.54) is 0 Å². The van der Waals surface area contributed by atoms with Crippen LogP contribution in [0.15, 0.2) is 12.3 Å². The number of anilines is 1. The molecule has 3 nitrogen and oxygen atoms in total. The Bertz CT molecular complexity index is 325. The van der Waals surface area contributed by atoms with Crippen LogP contribution in [0.1, 0.15) is 25.1 Å². The highest BCUT2D eigenvalue weighted by molar-refractivity contribution is 5.93. The number of rotatable bonds is 2. The van der Waals surface area contributed by atoms with Gasteiger partial charge in [0, 0.05) is 12.1 Å². The summed E-state index contributed by atoms with van der Waals surface area (Å²) in [6.07, 6.45) is 1.75. The predicted molar refractivity (Wildman–Crippen MR) is 57.2 cm³/mol. The van der Waals surface area contributed by atoms with Crippen molar-refractivity contribution in [3.05, 3.63) is 23.5 Å². The molecule has 0 fully saturated rings. The molecule has 0 aromatic carbocycles. The van der Waals surface area contributed by atoms with E-state index in [2.05, 4.69) is 10.3 Å². The second-order valence-corrected chi connectivity index (χ2v) is 3.73. The zero-order valence-corrected chi connectivity index (χ0v) is 9.09. The topological polar surface area (TPSA) is 42.0 Å². The summed E-state index contributed by atoms with van der Waals surface area (Å²) in [7, 11) is 0. The van der Waals surface area contributed by atoms with Gasteiger partial charge < -0.3 is 5.32 Å². The summed E-state index contributed by atoms with van der Waals surface area (Å²) in [6, 6.07) is 1.89. The maximum absolute atomic E-state index is 11.5. The Morgan fingerprint density at radius 2 is 2.07 bits per heavy atom. The summed E-state index contributed by atoms with van der Waals surface area (Å²) >= 11 is 0. The van der Waals surface area contributed by atoms with Gasteiger partial charge >= 0.3 is 0 Å². The lowest BCUT2D eigenvalue weighted by molar-refractivity contribution is -0.118. The van der Waals surface area contributed by atoms with E-state index in [4.69, 9.17) is 0 Å². The second kappa shape index (κ2) is 4.22. The first-order valence-electron chi connectivity index (χ1n) is 4.75. The summed E-state index contributed by atoms with van der Waals surface area (Å²) in [6.45, 7) is 7.60. The molecule has 76 valence electrons. The van der Waals surface area contributed by atoms with E-state index in [9.17, 15) is 4.79 Å². The third-order valence-electron chi connectivity index (χ3n) is 2.12. The molecule has 0 saturated carbocycles. The van der Waals surface area contributed by atoms with Gasteiger partial charge in [-0.05, 0) is 25.5 Å². The molecular weight excluding hydrogens is 176 g/mol. The largest absolute Gasteiger partial charge is 0.324 e. The molecule has 1 aromatic heterocycles. The third kappa shape index (κ3) is 2.31. The Balaban J connectivity index is 2.91. The van der Waals surface area contributed by atoms with Gasteiger partial charge in [0.05, 0.1) is 11.4 Å². The number of aryl methyl sites for hydroxylation is 2. The average Bonchev–Trinajstić information content (AvgIpc) is 2.11. The van der Waals surface area contributed by atoms with Crippen LogP contribution >= 0.6 is 0 Å². The van der Waals surface area contributed by atoms with Gasteiger partial charge in [-0.2, -0.15) is 0 Å². The fourth-order valence-electron chi connectivity index (χ4n) is 1.15. The van der Waals surface area contributed by atoms with E-state index in [1.54, 1.807) is 6.20 Å². The van der Waals surface area contributed by atoms with Crippen LogP contribution in [-0.4, -0.2) is 10.9 Å². The molecular formula is C11H16N2O. The van der Waals surface area contributed by atoms with E-state index < -0.39 is 0 Å². The zero-order valence-electron chi connectivity index (χ0n) is 9.09. The van der Waals surface area contributed by atoms with Crippen LogP contribution in [0.2, 0.25) is 0 Å². The third-order valence-corrected chi connectivity index (χ3v) is 2.12. The van der Waals surface area contributed by atoms with Crippen LogP contribution in [-0.2, 0) is 4.79 Å². The quantitative estimate of drug-likeness (QED) is 0.781. The lowest BCUT2D eigenvalue weighted by Crippen LogP contribution is -2.19. The molecule has 1 heterocycles. The minimum Gasteiger partial charge on any atom is -0.324 e. The monoisotopic (exact) mass is 192 g/mol. The number of nitrogens with one attached hydrogen (secondary N) is 1. The summed E-state index contributed by atoms with van der Waals surface area (Å²) in [4.78, 5) is 15.6. The number of aromatic nitrogens is 1. The van der Waals surface area contributed by atoms with Gasteiger partial charge in [0.15, 0.2) is 0 Å². The van der Waals surface area contributed by atoms with Crippen LogP contribution < -0.4 is 5.32 Å². The molecule has 0 aliphatic heterocycles. The molecule has 14 heavy (non-hydrogen) atoms. The highest BCUT2D eigenvalue weighted by Gasteiger charge is 2.10. The SMILES string of the molecule is Cc1ccnc(C)c1NC(=O)C(C)C. The lowest BCUT2D eigenvalue weighted by atomic mass is 10.1. The van der Waals surface area contributed by atoms with Crippen LogP contribution in [0.4, 0.5) is 5.69 Å². The van der Waals surface area contributed by atoms with Gasteiger partial charge in [-0.3, -0.25) is 9.78 Å². The van der Waals surface area contributed by atoms with Crippen LogP contribution in [0.5, 0.6) is 0 Å². The molecule has 0 aliphatic carbocycles. The molecule has 0 radical (unpaired) electrons. The van der Waals surface area contributed by atoms with Crippen molar-refractivity contribution >= 4 is 11.6 Å². The van der Waals surface area contributed by atoms with Gasteiger partial charge in [0.25, 0.3) is 0 Å². The Kier molecular flexibility index (Phi) is 3.23. The van der Waals surface area contributed by atoms with Gasteiger partial charge in [-0.25, -0.2) is 0 Å². The van der Waals surface area contributed by atoms with Gasteiger partial charge in [-0.1, -0.05) is 13.8 Å². The van der Waals surface area contributed by atoms with Crippen molar-refractivity contribution in [3.63, 3.8) is 0 Å². The molecule has 0 aliphatic rings. The summed E-state index contributed by atoms with van der Waals surface area (Å²) < 4.78 is 0. The van der Waals surface area contributed by atoms with E-state index >= 15 is 0 Å². The van der Waals surface area contributed by atoms with Gasteiger partial charge in [-0.15, -0.1) is 0 Å². The first-order chi connectivity index (χ1) is 6.52. The summed E-state index contributed by atoms with van der Waals surface area (Å²) in [5.74, 6) is 0.0261. The number of carbonyl (C=O) groups excluding carboxylic acids is 1. The Hall–Kier alpha value is -1.38. The minimum absolute atomic E-state index is 0.00555. The molecule has 1 amide bonds. The maximum atomic E-state index is 11.5. The zero-order chi connectivity index (χ0) is 10.7. The van der Waals surface area contributed by atoms with Crippen molar-refractivity contribution in [3.8, 4) is 0 Å². The molecule has 1 aromatic rings. The van der Waals surface area contributed by atoms with Crippen LogP contribution in [0, 0.1) is 19.8 Å². The first-order valence-corrected chi connectivity index (χ1v) is 4.75. The van der Waals surface area contributed by atoms with Crippen molar-refractivity contribution < 1.29 is 4.79 Å². The van der Waals surface area contributed by atoms with Crippen molar-refractivity contribution in [2.45, 2.75) is 27.7 Å². The molecule has 0 atom stereocenters. The normalized spacial score (nSPS) is 10.4. The summed E-state index contributed by atoms with van der Waals surface area (Å²) in [5, 5.41) is 2.88. The Labute approximate surface area is 84.6 Å². The predicted octanol–water partition coefficient (Wildman–Crippen LogP) is 2.29. The number of carbonyl (C=O) groups is 1. The Morgan fingerprint density at radius 1 is 1.43 bits per heavy atom. The average molecular weight is 192 g/mol. The van der Waals surface area contributed by atoms with Crippen LogP contribution in [0.25, 0.3) is 0 Å². The number of hydrogen-bond donors (Lipinski definition) is 1. The van der Waals surface area contributed by atoms with E-state index in [0.717, 1.165) is 16.9 Å². The van der Waals surface area contributed by atoms with E-state index in [-0.39, 0.29) is 11.8 Å². The molecule has 0 bridgehead atoms. The maximum Gasteiger partial charge on any atom is 0.226 e. The van der Waals surface area contributed by atoms with Gasteiger partial charge in [0.2, 0.25) is 5.91 Å². The highest BCUT2D eigenvalue weighted by Crippen LogP contribution is 2.17. The van der Waals surface area contributed by atoms with Crippen molar-refractivity contribution in [2.75, 3.05) is 5.32 Å². The molecule has 0 unspecified atom stereocenters. The molecule has 3 heteroatoms. The smallest absolute Gasteiger partial charge is 0.226 e. The molecule has 0 spiro atoms. The van der Waals surface area contributed by atoms with Crippen molar-refractivity contribution in [1.82, 2.24) is 4.98 Å². The molecule has 0 saturated heterocycles. The molecule has 1 N–H and O–H groups in total. The lowest BCUT2D eigenvalue weighted by Gasteiger charge is -2.11. The molecule has 1 rings (SSSR count). The fourth-order valence-corrected chi connectivity index (χ4v) is 1.15. The minimum atomic E-state index is -0.00555. The number of hydrogen-bond acceptors (Lipinski definition) is 2. The fraction of sp³-hybridized carbons (Fsp3) is 0.455. The van der Waals surface area contributed by atoms with E-state index in [0.29, 0.717) is 0 Å². The standard InChI is InChI=1S/C11H16N2O/c1-7(2)11(14)13-10-8(3)5-6-12-9(10)4/h5-7H,1-4H3,(H,13,14). The Morgan fingerprint density at radius 3 is 2.57 bits per heavy atom. The van der Waals surface area contributed by atoms with Crippen molar-refractivity contribution in [2.24, 2.45) is 5.92 Å².